The number of aryl methyl sites for hydroxylation is 1. The maximum atomic E-state index is 12.6. The van der Waals surface area contributed by atoms with Crippen molar-refractivity contribution in [1.82, 2.24) is 14.1 Å². The fourth-order valence-corrected chi connectivity index (χ4v) is 4.60. The summed E-state index contributed by atoms with van der Waals surface area (Å²) in [5.41, 5.74) is 1.83. The van der Waals surface area contributed by atoms with Crippen molar-refractivity contribution in [2.75, 3.05) is 20.2 Å². The van der Waals surface area contributed by atoms with E-state index in [0.29, 0.717) is 18.8 Å². The highest BCUT2D eigenvalue weighted by Crippen LogP contribution is 2.31. The van der Waals surface area contributed by atoms with Crippen molar-refractivity contribution in [3.05, 3.63) is 47.8 Å². The van der Waals surface area contributed by atoms with E-state index in [-0.39, 0.29) is 11.7 Å². The summed E-state index contributed by atoms with van der Waals surface area (Å²) in [4.78, 5) is 0. The van der Waals surface area contributed by atoms with E-state index in [9.17, 15) is 8.42 Å². The lowest BCUT2D eigenvalue weighted by Crippen LogP contribution is -2.30. The van der Waals surface area contributed by atoms with Gasteiger partial charge in [-0.3, -0.25) is 4.68 Å². The molecule has 0 radical (unpaired) electrons. The van der Waals surface area contributed by atoms with Gasteiger partial charge in [0.25, 0.3) is 0 Å². The predicted octanol–water partition coefficient (Wildman–Crippen LogP) is 1.75. The van der Waals surface area contributed by atoms with Crippen LogP contribution in [-0.4, -0.2) is 42.7 Å². The van der Waals surface area contributed by atoms with E-state index in [1.807, 2.05) is 24.3 Å². The summed E-state index contributed by atoms with van der Waals surface area (Å²) < 4.78 is 33.7. The molecule has 1 aliphatic heterocycles. The number of nitrogens with zero attached hydrogens (tertiary/aromatic N) is 3. The van der Waals surface area contributed by atoms with Crippen molar-refractivity contribution in [3.8, 4) is 5.75 Å². The van der Waals surface area contributed by atoms with Gasteiger partial charge in [0.05, 0.1) is 12.8 Å². The summed E-state index contributed by atoms with van der Waals surface area (Å²) in [6, 6.07) is 9.61. The quantitative estimate of drug-likeness (QED) is 0.835. The smallest absolute Gasteiger partial charge is 0.219 e. The third-order valence-corrected chi connectivity index (χ3v) is 6.14. The lowest BCUT2D eigenvalue weighted by Gasteiger charge is -2.17. The van der Waals surface area contributed by atoms with Crippen LogP contribution in [0.25, 0.3) is 0 Å². The Morgan fingerprint density at radius 3 is 2.87 bits per heavy atom. The highest BCUT2D eigenvalue weighted by molar-refractivity contribution is 7.88. The molecule has 1 saturated heterocycles. The Labute approximate surface area is 136 Å². The molecule has 124 valence electrons. The summed E-state index contributed by atoms with van der Waals surface area (Å²) in [7, 11) is 0.0743. The summed E-state index contributed by atoms with van der Waals surface area (Å²) in [5, 5.41) is 4.03. The van der Waals surface area contributed by atoms with Crippen LogP contribution in [0.15, 0.2) is 36.5 Å². The van der Waals surface area contributed by atoms with Gasteiger partial charge in [-0.25, -0.2) is 12.7 Å². The number of hydrogen-bond acceptors (Lipinski definition) is 4. The van der Waals surface area contributed by atoms with E-state index in [1.54, 1.807) is 35.4 Å². The molecule has 0 saturated carbocycles. The van der Waals surface area contributed by atoms with Crippen LogP contribution < -0.4 is 4.74 Å². The lowest BCUT2D eigenvalue weighted by molar-refractivity contribution is 0.413. The Balaban J connectivity index is 1.72. The van der Waals surface area contributed by atoms with Gasteiger partial charge in [-0.1, -0.05) is 12.1 Å². The molecule has 7 heteroatoms. The number of sulfonamides is 1. The highest BCUT2D eigenvalue weighted by atomic mass is 32.2. The number of methoxy groups -OCH3 is 1. The van der Waals surface area contributed by atoms with Gasteiger partial charge in [-0.15, -0.1) is 0 Å². The Morgan fingerprint density at radius 2 is 2.17 bits per heavy atom. The first kappa shape index (κ1) is 16.0. The van der Waals surface area contributed by atoms with Crippen LogP contribution in [0, 0.1) is 0 Å². The van der Waals surface area contributed by atoms with E-state index in [0.717, 1.165) is 17.7 Å². The zero-order chi connectivity index (χ0) is 16.4. The molecule has 3 rings (SSSR count). The monoisotopic (exact) mass is 335 g/mol. The van der Waals surface area contributed by atoms with Gasteiger partial charge in [0, 0.05) is 26.3 Å². The van der Waals surface area contributed by atoms with Gasteiger partial charge in [0.2, 0.25) is 10.0 Å². The van der Waals surface area contributed by atoms with E-state index in [4.69, 9.17) is 4.74 Å². The molecule has 2 heterocycles. The van der Waals surface area contributed by atoms with Crippen LogP contribution in [0.5, 0.6) is 5.75 Å². The maximum Gasteiger partial charge on any atom is 0.219 e. The summed E-state index contributed by atoms with van der Waals surface area (Å²) >= 11 is 0. The normalized spacial score (nSPS) is 19.1. The maximum absolute atomic E-state index is 12.6. The van der Waals surface area contributed by atoms with Crippen LogP contribution in [0.1, 0.15) is 23.6 Å². The molecule has 0 spiro atoms. The molecule has 1 aromatic carbocycles. The zero-order valence-corrected chi connectivity index (χ0v) is 14.2. The summed E-state index contributed by atoms with van der Waals surface area (Å²) in [6.45, 7) is 1.08. The van der Waals surface area contributed by atoms with Crippen LogP contribution >= 0.6 is 0 Å². The van der Waals surface area contributed by atoms with E-state index < -0.39 is 10.0 Å². The van der Waals surface area contributed by atoms with Crippen molar-refractivity contribution in [2.45, 2.75) is 18.1 Å². The average molecular weight is 335 g/mol. The second-order valence-electron chi connectivity index (χ2n) is 5.82. The fourth-order valence-electron chi connectivity index (χ4n) is 2.97. The Morgan fingerprint density at radius 1 is 1.35 bits per heavy atom. The summed E-state index contributed by atoms with van der Waals surface area (Å²) in [5.74, 6) is 1.01. The van der Waals surface area contributed by atoms with Gasteiger partial charge in [-0.2, -0.15) is 5.10 Å². The second-order valence-corrected chi connectivity index (χ2v) is 7.79. The fraction of sp³-hybridized carbons (Fsp3) is 0.438. The Kier molecular flexibility index (Phi) is 4.41. The topological polar surface area (TPSA) is 64.4 Å². The Hall–Kier alpha value is -1.86. The zero-order valence-electron chi connectivity index (χ0n) is 13.3. The van der Waals surface area contributed by atoms with Gasteiger partial charge >= 0.3 is 0 Å². The minimum atomic E-state index is -3.32. The molecule has 0 aliphatic carbocycles. The van der Waals surface area contributed by atoms with Crippen molar-refractivity contribution < 1.29 is 13.2 Å². The number of benzene rings is 1. The molecule has 0 amide bonds. The molecule has 1 aromatic heterocycles. The largest absolute Gasteiger partial charge is 0.497 e. The van der Waals surface area contributed by atoms with Crippen LogP contribution in [0.2, 0.25) is 0 Å². The number of hydrogen-bond donors (Lipinski definition) is 0. The van der Waals surface area contributed by atoms with E-state index >= 15 is 0 Å². The van der Waals surface area contributed by atoms with Crippen LogP contribution in [-0.2, 0) is 22.8 Å². The van der Waals surface area contributed by atoms with E-state index in [1.165, 1.54) is 0 Å². The first-order chi connectivity index (χ1) is 11.0. The highest BCUT2D eigenvalue weighted by Gasteiger charge is 2.32. The average Bonchev–Trinajstić information content (AvgIpc) is 3.17. The van der Waals surface area contributed by atoms with Gasteiger partial charge in [0.1, 0.15) is 11.5 Å². The van der Waals surface area contributed by atoms with Crippen molar-refractivity contribution in [1.29, 1.82) is 0 Å². The number of ether oxygens (including phenoxy) is 1. The molecular weight excluding hydrogens is 314 g/mol. The molecule has 2 aromatic rings. The summed E-state index contributed by atoms with van der Waals surface area (Å²) in [6.07, 6.45) is 2.45. The van der Waals surface area contributed by atoms with Crippen molar-refractivity contribution in [3.63, 3.8) is 0 Å². The molecule has 6 nitrogen and oxygen atoms in total. The number of aromatic nitrogens is 2. The van der Waals surface area contributed by atoms with Crippen LogP contribution in [0.4, 0.5) is 0 Å². The molecule has 1 atom stereocenters. The molecule has 0 bridgehead atoms. The van der Waals surface area contributed by atoms with E-state index in [2.05, 4.69) is 5.10 Å². The minimum absolute atomic E-state index is 0.00562. The Bertz CT molecular complexity index is 785. The first-order valence-corrected chi connectivity index (χ1v) is 9.19. The SMILES string of the molecule is COc1cccc(C2CCN(S(=O)(=O)Cc3ccnn3C)C2)c1. The standard InChI is InChI=1S/C16H21N3O3S/c1-18-15(6-8-17-18)12-23(20,21)19-9-7-14(11-19)13-4-3-5-16(10-13)22-2/h3-6,8,10,14H,7,9,11-12H2,1-2H3. The lowest BCUT2D eigenvalue weighted by atomic mass is 9.98. The van der Waals surface area contributed by atoms with Gasteiger partial charge in [-0.05, 0) is 36.1 Å². The molecule has 1 unspecified atom stereocenters. The van der Waals surface area contributed by atoms with Crippen molar-refractivity contribution in [2.24, 2.45) is 7.05 Å². The van der Waals surface area contributed by atoms with Crippen LogP contribution in [0.3, 0.4) is 0 Å². The molecule has 1 aliphatic rings. The predicted molar refractivity (Wildman–Crippen MR) is 87.8 cm³/mol. The minimum Gasteiger partial charge on any atom is -0.497 e. The molecule has 0 N–H and O–H groups in total. The molecule has 23 heavy (non-hydrogen) atoms. The molecular formula is C16H21N3O3S. The third kappa shape index (κ3) is 3.40. The molecule has 1 fully saturated rings. The second kappa shape index (κ2) is 6.33. The van der Waals surface area contributed by atoms with Crippen molar-refractivity contribution >= 4 is 10.0 Å². The third-order valence-electron chi connectivity index (χ3n) is 4.36. The van der Waals surface area contributed by atoms with Gasteiger partial charge in [0.15, 0.2) is 0 Å². The number of rotatable bonds is 5. The first-order valence-electron chi connectivity index (χ1n) is 7.58. The van der Waals surface area contributed by atoms with Gasteiger partial charge < -0.3 is 4.74 Å².